The zero-order valence-electron chi connectivity index (χ0n) is 18.8. The van der Waals surface area contributed by atoms with E-state index < -0.39 is 11.6 Å². The van der Waals surface area contributed by atoms with E-state index in [0.717, 1.165) is 22.4 Å². The van der Waals surface area contributed by atoms with Crippen LogP contribution in [-0.4, -0.2) is 34.0 Å². The number of ether oxygens (including phenoxy) is 1. The van der Waals surface area contributed by atoms with Gasteiger partial charge in [-0.3, -0.25) is 9.59 Å². The summed E-state index contributed by atoms with van der Waals surface area (Å²) in [6, 6.07) is 18.8. The molecule has 1 aliphatic heterocycles. The van der Waals surface area contributed by atoms with Crippen molar-refractivity contribution in [3.8, 4) is 5.75 Å². The summed E-state index contributed by atoms with van der Waals surface area (Å²) in [5.41, 5.74) is 2.72. The lowest BCUT2D eigenvalue weighted by Crippen LogP contribution is -2.33. The first-order valence-corrected chi connectivity index (χ1v) is 11.4. The molecule has 5 nitrogen and oxygen atoms in total. The van der Waals surface area contributed by atoms with Crippen molar-refractivity contribution in [3.05, 3.63) is 99.8 Å². The molecule has 1 aliphatic rings. The van der Waals surface area contributed by atoms with Crippen molar-refractivity contribution < 1.29 is 23.8 Å². The van der Waals surface area contributed by atoms with Crippen molar-refractivity contribution in [2.75, 3.05) is 6.54 Å². The van der Waals surface area contributed by atoms with E-state index in [9.17, 15) is 14.0 Å². The summed E-state index contributed by atoms with van der Waals surface area (Å²) in [6.07, 6.45) is 1.06. The fourth-order valence-electron chi connectivity index (χ4n) is 4.26. The second-order valence-electron chi connectivity index (χ2n) is 8.85. The van der Waals surface area contributed by atoms with Gasteiger partial charge in [-0.25, -0.2) is 4.39 Å². The molecule has 3 aromatic carbocycles. The number of carbonyl (C=O) groups is 2. The average molecular weight is 482 g/mol. The number of benzene rings is 3. The highest BCUT2D eigenvalue weighted by molar-refractivity contribution is 6.30. The number of carboxylic acids is 1. The van der Waals surface area contributed by atoms with E-state index in [2.05, 4.69) is 0 Å². The maximum Gasteiger partial charge on any atom is 0.305 e. The Kier molecular flexibility index (Phi) is 6.89. The molecule has 0 radical (unpaired) electrons. The third kappa shape index (κ3) is 5.75. The van der Waals surface area contributed by atoms with E-state index in [4.69, 9.17) is 21.4 Å². The molecule has 1 N–H and O–H groups in total. The summed E-state index contributed by atoms with van der Waals surface area (Å²) >= 11 is 5.96. The van der Waals surface area contributed by atoms with Crippen LogP contribution in [0.1, 0.15) is 40.4 Å². The molecule has 1 atom stereocenters. The van der Waals surface area contributed by atoms with Gasteiger partial charge in [0, 0.05) is 36.5 Å². The van der Waals surface area contributed by atoms with Gasteiger partial charge in [0.05, 0.1) is 6.42 Å². The number of fused-ring (bicyclic) bond motifs is 1. The van der Waals surface area contributed by atoms with E-state index in [1.807, 2.05) is 25.1 Å². The van der Waals surface area contributed by atoms with E-state index >= 15 is 0 Å². The van der Waals surface area contributed by atoms with Crippen molar-refractivity contribution in [2.45, 2.75) is 38.3 Å². The van der Waals surface area contributed by atoms with Gasteiger partial charge >= 0.3 is 5.97 Å². The van der Waals surface area contributed by atoms with Crippen LogP contribution in [0, 0.1) is 5.82 Å². The summed E-state index contributed by atoms with van der Waals surface area (Å²) in [5, 5.41) is 9.74. The minimum Gasteiger partial charge on any atom is -0.487 e. The predicted molar refractivity (Wildman–Crippen MR) is 128 cm³/mol. The van der Waals surface area contributed by atoms with Crippen LogP contribution in [0.3, 0.4) is 0 Å². The SMILES string of the molecule is C[C@]1(Cc2ccc(F)cc2)Cc2cc(C(=O)N(CCC(=O)O)Cc3ccc(Cl)cc3)ccc2O1. The maximum absolute atomic E-state index is 13.3. The Morgan fingerprint density at radius 2 is 1.74 bits per heavy atom. The lowest BCUT2D eigenvalue weighted by Gasteiger charge is -2.24. The second-order valence-corrected chi connectivity index (χ2v) is 9.29. The van der Waals surface area contributed by atoms with Crippen LogP contribution in [0.25, 0.3) is 0 Å². The summed E-state index contributed by atoms with van der Waals surface area (Å²) in [5.74, 6) is -0.770. The number of hydrogen-bond acceptors (Lipinski definition) is 3. The quantitative estimate of drug-likeness (QED) is 0.459. The molecule has 34 heavy (non-hydrogen) atoms. The number of carbonyl (C=O) groups excluding carboxylic acids is 1. The fraction of sp³-hybridized carbons (Fsp3) is 0.259. The normalized spacial score (nSPS) is 16.6. The predicted octanol–water partition coefficient (Wildman–Crippen LogP) is 5.53. The number of carboxylic acid groups (broad SMARTS) is 1. The fourth-order valence-corrected chi connectivity index (χ4v) is 4.39. The van der Waals surface area contributed by atoms with E-state index in [1.54, 1.807) is 36.4 Å². The molecule has 1 amide bonds. The maximum atomic E-state index is 13.3. The average Bonchev–Trinajstić information content (AvgIpc) is 3.13. The molecule has 1 heterocycles. The van der Waals surface area contributed by atoms with Gasteiger partial charge < -0.3 is 14.7 Å². The Hall–Kier alpha value is -3.38. The molecule has 0 aliphatic carbocycles. The molecule has 0 unspecified atom stereocenters. The van der Waals surface area contributed by atoms with Crippen LogP contribution >= 0.6 is 11.6 Å². The standard InChI is InChI=1S/C27H25ClFNO4/c1-27(15-18-4-9-23(29)10-5-18)16-21-14-20(6-11-24(21)34-27)26(33)30(13-12-25(31)32)17-19-2-7-22(28)8-3-19/h2-11,14H,12-13,15-17H2,1H3,(H,31,32)/t27-/m0/s1. The van der Waals surface area contributed by atoms with Crippen molar-refractivity contribution in [1.82, 2.24) is 4.90 Å². The Morgan fingerprint density at radius 1 is 1.06 bits per heavy atom. The second kappa shape index (κ2) is 9.85. The number of hydrogen-bond donors (Lipinski definition) is 1. The Morgan fingerprint density at radius 3 is 2.41 bits per heavy atom. The van der Waals surface area contributed by atoms with Crippen LogP contribution < -0.4 is 4.74 Å². The first kappa shape index (κ1) is 23.8. The number of aliphatic carboxylic acids is 1. The number of amides is 1. The first-order valence-electron chi connectivity index (χ1n) is 11.0. The molecule has 176 valence electrons. The number of nitrogens with zero attached hydrogens (tertiary/aromatic N) is 1. The Bertz CT molecular complexity index is 1200. The Labute approximate surface area is 202 Å². The lowest BCUT2D eigenvalue weighted by atomic mass is 9.91. The zero-order valence-corrected chi connectivity index (χ0v) is 19.5. The summed E-state index contributed by atoms with van der Waals surface area (Å²) < 4.78 is 19.4. The largest absolute Gasteiger partial charge is 0.487 e. The highest BCUT2D eigenvalue weighted by atomic mass is 35.5. The molecular formula is C27H25ClFNO4. The van der Waals surface area contributed by atoms with Gasteiger partial charge in [-0.2, -0.15) is 0 Å². The van der Waals surface area contributed by atoms with E-state index in [-0.39, 0.29) is 31.2 Å². The summed E-state index contributed by atoms with van der Waals surface area (Å²) in [7, 11) is 0. The van der Waals surface area contributed by atoms with Gasteiger partial charge in [0.1, 0.15) is 17.2 Å². The highest BCUT2D eigenvalue weighted by Gasteiger charge is 2.35. The van der Waals surface area contributed by atoms with Crippen molar-refractivity contribution >= 4 is 23.5 Å². The topological polar surface area (TPSA) is 66.8 Å². The van der Waals surface area contributed by atoms with Crippen molar-refractivity contribution in [3.63, 3.8) is 0 Å². The third-order valence-corrected chi connectivity index (χ3v) is 6.14. The number of rotatable bonds is 8. The molecule has 0 saturated carbocycles. The lowest BCUT2D eigenvalue weighted by molar-refractivity contribution is -0.137. The summed E-state index contributed by atoms with van der Waals surface area (Å²) in [6.45, 7) is 2.36. The molecule has 0 spiro atoms. The van der Waals surface area contributed by atoms with Crippen molar-refractivity contribution in [1.29, 1.82) is 0 Å². The number of halogens is 2. The van der Waals surface area contributed by atoms with Crippen LogP contribution in [0.15, 0.2) is 66.7 Å². The molecule has 0 bridgehead atoms. The van der Waals surface area contributed by atoms with Crippen LogP contribution in [0.2, 0.25) is 5.02 Å². The van der Waals surface area contributed by atoms with Gasteiger partial charge in [0.15, 0.2) is 0 Å². The summed E-state index contributed by atoms with van der Waals surface area (Å²) in [4.78, 5) is 26.0. The molecule has 0 aromatic heterocycles. The van der Waals surface area contributed by atoms with Gasteiger partial charge in [0.2, 0.25) is 0 Å². The minimum atomic E-state index is -0.965. The van der Waals surface area contributed by atoms with Crippen LogP contribution in [0.5, 0.6) is 5.75 Å². The molecular weight excluding hydrogens is 457 g/mol. The van der Waals surface area contributed by atoms with Crippen LogP contribution in [-0.2, 0) is 24.2 Å². The zero-order chi connectivity index (χ0) is 24.3. The van der Waals surface area contributed by atoms with Gasteiger partial charge in [-0.1, -0.05) is 35.9 Å². The van der Waals surface area contributed by atoms with E-state index in [0.29, 0.717) is 23.4 Å². The third-order valence-electron chi connectivity index (χ3n) is 5.89. The molecule has 4 rings (SSSR count). The molecule has 0 fully saturated rings. The van der Waals surface area contributed by atoms with Crippen LogP contribution in [0.4, 0.5) is 4.39 Å². The minimum absolute atomic E-state index is 0.0899. The monoisotopic (exact) mass is 481 g/mol. The Balaban J connectivity index is 1.51. The van der Waals surface area contributed by atoms with Gasteiger partial charge in [-0.15, -0.1) is 0 Å². The van der Waals surface area contributed by atoms with E-state index in [1.165, 1.54) is 17.0 Å². The smallest absolute Gasteiger partial charge is 0.305 e. The highest BCUT2D eigenvalue weighted by Crippen LogP contribution is 2.37. The molecule has 7 heteroatoms. The van der Waals surface area contributed by atoms with Gasteiger partial charge in [-0.05, 0) is 66.1 Å². The van der Waals surface area contributed by atoms with Gasteiger partial charge in [0.25, 0.3) is 5.91 Å². The van der Waals surface area contributed by atoms with Crippen molar-refractivity contribution in [2.24, 2.45) is 0 Å². The molecule has 0 saturated heterocycles. The first-order chi connectivity index (χ1) is 16.2. The molecule has 3 aromatic rings.